The number of nitrogens with two attached hydrogens (primary N) is 1. The van der Waals surface area contributed by atoms with Crippen LogP contribution in [0.25, 0.3) is 16.9 Å². The van der Waals surface area contributed by atoms with Gasteiger partial charge in [-0.25, -0.2) is 14.6 Å². The summed E-state index contributed by atoms with van der Waals surface area (Å²) in [6.45, 7) is 0. The second-order valence-electron chi connectivity index (χ2n) is 4.16. The molecule has 0 fully saturated rings. The number of nitrogens with zero attached hydrogens (tertiary/aromatic N) is 4. The molecule has 0 amide bonds. The van der Waals surface area contributed by atoms with Crippen LogP contribution >= 0.6 is 12.2 Å². The van der Waals surface area contributed by atoms with E-state index in [0.29, 0.717) is 11.5 Å². The summed E-state index contributed by atoms with van der Waals surface area (Å²) >= 11 is 4.84. The lowest BCUT2D eigenvalue weighted by Crippen LogP contribution is -2.12. The quantitative estimate of drug-likeness (QED) is 0.743. The van der Waals surface area contributed by atoms with Gasteiger partial charge in [0.05, 0.1) is 18.6 Å². The molecule has 0 bridgehead atoms. The molecule has 0 unspecified atom stereocenters. The molecule has 2 aromatic heterocycles. The van der Waals surface area contributed by atoms with Crippen molar-refractivity contribution in [3.05, 3.63) is 60.8 Å². The number of benzene rings is 1. The van der Waals surface area contributed by atoms with Gasteiger partial charge in [0.25, 0.3) is 0 Å². The van der Waals surface area contributed by atoms with Crippen molar-refractivity contribution in [2.45, 2.75) is 0 Å². The van der Waals surface area contributed by atoms with Crippen LogP contribution in [-0.2, 0) is 0 Å². The van der Waals surface area contributed by atoms with E-state index in [1.54, 1.807) is 23.3 Å². The Morgan fingerprint density at radius 1 is 1.00 bits per heavy atom. The molecule has 0 atom stereocenters. The molecule has 0 saturated carbocycles. The van der Waals surface area contributed by atoms with Crippen LogP contribution in [0.5, 0.6) is 0 Å². The average molecular weight is 281 g/mol. The molecule has 98 valence electrons. The molecule has 0 aliphatic heterocycles. The van der Waals surface area contributed by atoms with Crippen LogP contribution in [0.4, 0.5) is 0 Å². The zero-order valence-corrected chi connectivity index (χ0v) is 11.3. The first-order valence-electron chi connectivity index (χ1n) is 5.96. The van der Waals surface area contributed by atoms with E-state index in [9.17, 15) is 0 Å². The maximum absolute atomic E-state index is 5.49. The largest absolute Gasteiger partial charge is 0.388 e. The lowest BCUT2D eigenvalue weighted by Gasteiger charge is -2.01. The summed E-state index contributed by atoms with van der Waals surface area (Å²) in [5.74, 6) is 0.618. The van der Waals surface area contributed by atoms with Crippen molar-refractivity contribution in [1.82, 2.24) is 19.7 Å². The van der Waals surface area contributed by atoms with Crippen LogP contribution in [0.15, 0.2) is 55.1 Å². The number of aromatic nitrogens is 4. The Kier molecular flexibility index (Phi) is 3.22. The van der Waals surface area contributed by atoms with Gasteiger partial charge in [-0.05, 0) is 5.56 Å². The van der Waals surface area contributed by atoms with Crippen molar-refractivity contribution in [1.29, 1.82) is 0 Å². The molecule has 0 spiro atoms. The minimum atomic E-state index is 0.231. The van der Waals surface area contributed by atoms with E-state index in [1.807, 2.05) is 36.5 Å². The molecule has 2 heterocycles. The van der Waals surface area contributed by atoms with Crippen molar-refractivity contribution in [3.8, 4) is 16.9 Å². The molecule has 5 nitrogen and oxygen atoms in total. The number of rotatable bonds is 3. The van der Waals surface area contributed by atoms with Gasteiger partial charge in [-0.1, -0.05) is 42.5 Å². The predicted octanol–water partition coefficient (Wildman–Crippen LogP) is 1.96. The van der Waals surface area contributed by atoms with Gasteiger partial charge >= 0.3 is 0 Å². The van der Waals surface area contributed by atoms with E-state index in [1.165, 1.54) is 0 Å². The Morgan fingerprint density at radius 3 is 2.45 bits per heavy atom. The Hall–Kier alpha value is -2.60. The molecule has 0 radical (unpaired) electrons. The molecule has 3 rings (SSSR count). The summed E-state index contributed by atoms with van der Waals surface area (Å²) in [6, 6.07) is 10.0. The fourth-order valence-corrected chi connectivity index (χ4v) is 1.90. The summed E-state index contributed by atoms with van der Waals surface area (Å²) in [6.07, 6.45) is 6.83. The SMILES string of the molecule is NC(=S)c1cnc(-n2cc(-c3ccccc3)cn2)cn1. The predicted molar refractivity (Wildman–Crippen MR) is 80.5 cm³/mol. The number of hydrogen-bond donors (Lipinski definition) is 1. The smallest absolute Gasteiger partial charge is 0.171 e. The number of hydrogen-bond acceptors (Lipinski definition) is 4. The van der Waals surface area contributed by atoms with E-state index in [2.05, 4.69) is 15.1 Å². The molecule has 0 saturated heterocycles. The lowest BCUT2D eigenvalue weighted by molar-refractivity contribution is 0.837. The third-order valence-electron chi connectivity index (χ3n) is 2.82. The second kappa shape index (κ2) is 5.18. The third-order valence-corrected chi connectivity index (χ3v) is 3.02. The van der Waals surface area contributed by atoms with Crippen LogP contribution in [0, 0.1) is 0 Å². The summed E-state index contributed by atoms with van der Waals surface area (Å²) in [5.41, 5.74) is 8.11. The summed E-state index contributed by atoms with van der Waals surface area (Å²) in [7, 11) is 0. The van der Waals surface area contributed by atoms with Crippen LogP contribution in [-0.4, -0.2) is 24.7 Å². The molecule has 3 aromatic rings. The van der Waals surface area contributed by atoms with Crippen molar-refractivity contribution in [2.75, 3.05) is 0 Å². The van der Waals surface area contributed by atoms with Gasteiger partial charge in [-0.2, -0.15) is 5.10 Å². The summed E-state index contributed by atoms with van der Waals surface area (Å²) in [4.78, 5) is 8.63. The highest BCUT2D eigenvalue weighted by Crippen LogP contribution is 2.18. The zero-order chi connectivity index (χ0) is 13.9. The fraction of sp³-hybridized carbons (Fsp3) is 0. The maximum atomic E-state index is 5.49. The van der Waals surface area contributed by atoms with Crippen molar-refractivity contribution >= 4 is 17.2 Å². The van der Waals surface area contributed by atoms with Crippen molar-refractivity contribution in [2.24, 2.45) is 5.73 Å². The maximum Gasteiger partial charge on any atom is 0.171 e. The van der Waals surface area contributed by atoms with Crippen LogP contribution in [0.1, 0.15) is 5.69 Å². The van der Waals surface area contributed by atoms with E-state index in [0.717, 1.165) is 11.1 Å². The van der Waals surface area contributed by atoms with E-state index in [4.69, 9.17) is 18.0 Å². The van der Waals surface area contributed by atoms with Crippen LogP contribution < -0.4 is 5.73 Å². The molecule has 2 N–H and O–H groups in total. The van der Waals surface area contributed by atoms with Gasteiger partial charge in [0, 0.05) is 11.8 Å². The first-order chi connectivity index (χ1) is 9.74. The van der Waals surface area contributed by atoms with E-state index in [-0.39, 0.29) is 4.99 Å². The first kappa shape index (κ1) is 12.4. The molecule has 1 aromatic carbocycles. The molecule has 0 aliphatic rings. The topological polar surface area (TPSA) is 69.6 Å². The highest BCUT2D eigenvalue weighted by atomic mass is 32.1. The fourth-order valence-electron chi connectivity index (χ4n) is 1.79. The van der Waals surface area contributed by atoms with Gasteiger partial charge in [-0.15, -0.1) is 0 Å². The highest BCUT2D eigenvalue weighted by Gasteiger charge is 2.05. The van der Waals surface area contributed by atoms with Crippen LogP contribution in [0.3, 0.4) is 0 Å². The molecule has 0 aliphatic carbocycles. The molecule has 20 heavy (non-hydrogen) atoms. The standard InChI is InChI=1S/C14H11N5S/c15-14(20)12-7-17-13(8-16-12)19-9-11(6-18-19)10-4-2-1-3-5-10/h1-9H,(H2,15,20). The third kappa shape index (κ3) is 2.41. The Labute approximate surface area is 121 Å². The minimum Gasteiger partial charge on any atom is -0.388 e. The van der Waals surface area contributed by atoms with Gasteiger partial charge in [0.1, 0.15) is 10.7 Å². The van der Waals surface area contributed by atoms with Gasteiger partial charge in [0.15, 0.2) is 5.82 Å². The van der Waals surface area contributed by atoms with Crippen LogP contribution in [0.2, 0.25) is 0 Å². The molecule has 6 heteroatoms. The second-order valence-corrected chi connectivity index (χ2v) is 4.60. The lowest BCUT2D eigenvalue weighted by atomic mass is 10.1. The molecular formula is C14H11N5S. The van der Waals surface area contributed by atoms with Crippen molar-refractivity contribution < 1.29 is 0 Å². The van der Waals surface area contributed by atoms with E-state index >= 15 is 0 Å². The van der Waals surface area contributed by atoms with Crippen molar-refractivity contribution in [3.63, 3.8) is 0 Å². The molecular weight excluding hydrogens is 270 g/mol. The Balaban J connectivity index is 1.92. The van der Waals surface area contributed by atoms with Gasteiger partial charge < -0.3 is 5.73 Å². The highest BCUT2D eigenvalue weighted by molar-refractivity contribution is 7.80. The van der Waals surface area contributed by atoms with E-state index < -0.39 is 0 Å². The minimum absolute atomic E-state index is 0.231. The summed E-state index contributed by atoms with van der Waals surface area (Å²) in [5, 5.41) is 4.29. The van der Waals surface area contributed by atoms with Gasteiger partial charge in [-0.3, -0.25) is 0 Å². The monoisotopic (exact) mass is 281 g/mol. The first-order valence-corrected chi connectivity index (χ1v) is 6.37. The Bertz CT molecular complexity index is 734. The normalized spacial score (nSPS) is 10.4. The summed E-state index contributed by atoms with van der Waals surface area (Å²) < 4.78 is 1.67. The zero-order valence-electron chi connectivity index (χ0n) is 10.5. The van der Waals surface area contributed by atoms with Gasteiger partial charge in [0.2, 0.25) is 0 Å². The number of thiocarbonyl (C=S) groups is 1. The Morgan fingerprint density at radius 2 is 1.80 bits per heavy atom. The average Bonchev–Trinajstić information content (AvgIpc) is 2.98.